The molecule has 8 heteroatoms. The molecule has 0 radical (unpaired) electrons. The molecule has 7 nitrogen and oxygen atoms in total. The van der Waals surface area contributed by atoms with E-state index >= 15 is 0 Å². The largest absolute Gasteiger partial charge is 0.506 e. The number of hydrogen-bond acceptors (Lipinski definition) is 7. The second-order valence-corrected chi connectivity index (χ2v) is 8.35. The van der Waals surface area contributed by atoms with Crippen molar-refractivity contribution in [2.75, 3.05) is 20.1 Å². The number of hydrogen-bond donors (Lipinski definition) is 2. The number of esters is 1. The van der Waals surface area contributed by atoms with Gasteiger partial charge in [0.15, 0.2) is 0 Å². The Morgan fingerprint density at radius 3 is 2.71 bits per heavy atom. The quantitative estimate of drug-likeness (QED) is 0.201. The highest BCUT2D eigenvalue weighted by Crippen LogP contribution is 2.36. The fourth-order valence-corrected chi connectivity index (χ4v) is 3.77. The highest BCUT2D eigenvalue weighted by Gasteiger charge is 2.19. The molecule has 0 fully saturated rings. The molecule has 168 valence electrons. The normalized spacial score (nSPS) is 11.1. The molecule has 0 unspecified atom stereocenters. The van der Waals surface area contributed by atoms with Crippen molar-refractivity contribution in [3.63, 3.8) is 0 Å². The molecule has 0 aliphatic rings. The molecule has 1 aromatic heterocycles. The zero-order valence-electron chi connectivity index (χ0n) is 17.8. The SMILES string of the molecule is C#CCN(C)Cc1c(O)c(Br)cc2c(COC(=O)CCCCCCCN)cc(=O)oc12. The topological polar surface area (TPSA) is 106 Å². The number of benzene rings is 1. The van der Waals surface area contributed by atoms with Crippen LogP contribution in [-0.4, -0.2) is 36.1 Å². The molecule has 0 saturated carbocycles. The van der Waals surface area contributed by atoms with Gasteiger partial charge in [-0.25, -0.2) is 4.79 Å². The Morgan fingerprint density at radius 1 is 1.29 bits per heavy atom. The summed E-state index contributed by atoms with van der Waals surface area (Å²) in [6, 6.07) is 2.96. The molecule has 2 aromatic rings. The van der Waals surface area contributed by atoms with Crippen molar-refractivity contribution in [3.05, 3.63) is 38.2 Å². The Kier molecular flexibility index (Phi) is 10.0. The molecule has 0 atom stereocenters. The van der Waals surface area contributed by atoms with Gasteiger partial charge in [0.2, 0.25) is 0 Å². The lowest BCUT2D eigenvalue weighted by molar-refractivity contribution is -0.145. The van der Waals surface area contributed by atoms with E-state index in [-0.39, 0.29) is 30.5 Å². The van der Waals surface area contributed by atoms with Crippen LogP contribution in [0, 0.1) is 12.3 Å². The molecule has 0 aliphatic heterocycles. The van der Waals surface area contributed by atoms with Crippen molar-refractivity contribution in [1.29, 1.82) is 0 Å². The summed E-state index contributed by atoms with van der Waals surface area (Å²) in [5.41, 5.74) is 6.09. The molecule has 0 saturated heterocycles. The summed E-state index contributed by atoms with van der Waals surface area (Å²) in [6.07, 6.45) is 10.5. The van der Waals surface area contributed by atoms with Crippen LogP contribution in [0.2, 0.25) is 0 Å². The van der Waals surface area contributed by atoms with E-state index in [9.17, 15) is 14.7 Å². The third-order valence-electron chi connectivity index (χ3n) is 4.91. The third-order valence-corrected chi connectivity index (χ3v) is 5.51. The van der Waals surface area contributed by atoms with Crippen LogP contribution in [0.25, 0.3) is 11.0 Å². The molecule has 2 rings (SSSR count). The number of rotatable bonds is 12. The maximum absolute atomic E-state index is 12.2. The lowest BCUT2D eigenvalue weighted by Crippen LogP contribution is -2.18. The van der Waals surface area contributed by atoms with Crippen molar-refractivity contribution in [1.82, 2.24) is 4.90 Å². The van der Waals surface area contributed by atoms with Gasteiger partial charge in [-0.2, -0.15) is 0 Å². The Labute approximate surface area is 190 Å². The highest BCUT2D eigenvalue weighted by atomic mass is 79.9. The van der Waals surface area contributed by atoms with Gasteiger partial charge in [-0.05, 0) is 48.4 Å². The summed E-state index contributed by atoms with van der Waals surface area (Å²) < 4.78 is 11.2. The molecule has 0 spiro atoms. The number of aromatic hydroxyl groups is 1. The zero-order chi connectivity index (χ0) is 22.8. The lowest BCUT2D eigenvalue weighted by Gasteiger charge is -2.17. The van der Waals surface area contributed by atoms with Gasteiger partial charge in [-0.15, -0.1) is 6.42 Å². The standard InChI is InChI=1S/C23H29BrN2O5/c1-3-11-26(2)14-18-22(29)19(24)13-17-16(12-21(28)31-23(17)18)15-30-20(27)9-7-5-4-6-8-10-25/h1,12-13,29H,4-11,14-15,25H2,2H3. The van der Waals surface area contributed by atoms with Gasteiger partial charge in [0.05, 0.1) is 16.6 Å². The first kappa shape index (κ1) is 24.9. The molecular weight excluding hydrogens is 464 g/mol. The number of unbranched alkanes of at least 4 members (excludes halogenated alkanes) is 4. The summed E-state index contributed by atoms with van der Waals surface area (Å²) in [5, 5.41) is 11.1. The molecule has 1 aromatic carbocycles. The first-order chi connectivity index (χ1) is 14.9. The van der Waals surface area contributed by atoms with Gasteiger partial charge in [0, 0.05) is 30.0 Å². The van der Waals surface area contributed by atoms with E-state index in [1.807, 2.05) is 0 Å². The van der Waals surface area contributed by atoms with E-state index in [1.54, 1.807) is 18.0 Å². The van der Waals surface area contributed by atoms with Gasteiger partial charge < -0.3 is 20.0 Å². The van der Waals surface area contributed by atoms with Crippen LogP contribution < -0.4 is 11.4 Å². The number of carbonyl (C=O) groups excluding carboxylic acids is 1. The predicted octanol–water partition coefficient (Wildman–Crippen LogP) is 3.67. The Bertz CT molecular complexity index is 996. The zero-order valence-corrected chi connectivity index (χ0v) is 19.4. The van der Waals surface area contributed by atoms with Crippen LogP contribution in [0.4, 0.5) is 0 Å². The number of terminal acetylenes is 1. The minimum absolute atomic E-state index is 0.0247. The van der Waals surface area contributed by atoms with Crippen LogP contribution in [0.3, 0.4) is 0 Å². The fraction of sp³-hybridized carbons (Fsp3) is 0.478. The summed E-state index contributed by atoms with van der Waals surface area (Å²) in [5.74, 6) is 2.20. The van der Waals surface area contributed by atoms with Crippen LogP contribution in [0.1, 0.15) is 49.7 Å². The lowest BCUT2D eigenvalue weighted by atomic mass is 10.1. The van der Waals surface area contributed by atoms with Crippen molar-refractivity contribution in [3.8, 4) is 18.1 Å². The number of phenolic OH excluding ortho intramolecular Hbond substituents is 1. The average Bonchev–Trinajstić information content (AvgIpc) is 2.73. The Hall–Kier alpha value is -2.34. The van der Waals surface area contributed by atoms with E-state index < -0.39 is 5.63 Å². The summed E-state index contributed by atoms with van der Waals surface area (Å²) in [4.78, 5) is 26.1. The first-order valence-corrected chi connectivity index (χ1v) is 11.1. The molecular formula is C23H29BrN2O5. The number of fused-ring (bicyclic) bond motifs is 1. The van der Waals surface area contributed by atoms with E-state index in [4.69, 9.17) is 21.3 Å². The van der Waals surface area contributed by atoms with Crippen molar-refractivity contribution in [2.24, 2.45) is 5.73 Å². The molecule has 3 N–H and O–H groups in total. The monoisotopic (exact) mass is 492 g/mol. The molecule has 0 amide bonds. The number of nitrogens with two attached hydrogens (primary N) is 1. The van der Waals surface area contributed by atoms with Gasteiger partial charge in [0.1, 0.15) is 17.9 Å². The van der Waals surface area contributed by atoms with Gasteiger partial charge in [0.25, 0.3) is 0 Å². The van der Waals surface area contributed by atoms with E-state index in [2.05, 4.69) is 21.9 Å². The fourth-order valence-electron chi connectivity index (χ4n) is 3.30. The second-order valence-electron chi connectivity index (χ2n) is 7.50. The van der Waals surface area contributed by atoms with Crippen LogP contribution in [-0.2, 0) is 22.7 Å². The average molecular weight is 493 g/mol. The van der Waals surface area contributed by atoms with Crippen molar-refractivity contribution < 1.29 is 19.1 Å². The second kappa shape index (κ2) is 12.5. The number of ether oxygens (including phenoxy) is 1. The predicted molar refractivity (Wildman–Crippen MR) is 124 cm³/mol. The minimum atomic E-state index is -0.582. The molecule has 31 heavy (non-hydrogen) atoms. The maximum atomic E-state index is 12.2. The number of nitrogens with zero attached hydrogens (tertiary/aromatic N) is 1. The van der Waals surface area contributed by atoms with Gasteiger partial charge >= 0.3 is 11.6 Å². The molecule has 0 aliphatic carbocycles. The van der Waals surface area contributed by atoms with Crippen molar-refractivity contribution >= 4 is 32.9 Å². The van der Waals surface area contributed by atoms with E-state index in [0.717, 1.165) is 32.1 Å². The number of phenols is 1. The van der Waals surface area contributed by atoms with Crippen molar-refractivity contribution in [2.45, 2.75) is 51.7 Å². The summed E-state index contributed by atoms with van der Waals surface area (Å²) in [6.45, 7) is 1.28. The summed E-state index contributed by atoms with van der Waals surface area (Å²) >= 11 is 3.34. The van der Waals surface area contributed by atoms with Gasteiger partial charge in [-0.1, -0.05) is 25.2 Å². The molecule has 0 bridgehead atoms. The summed E-state index contributed by atoms with van der Waals surface area (Å²) in [7, 11) is 1.80. The minimum Gasteiger partial charge on any atom is -0.506 e. The van der Waals surface area contributed by atoms with Gasteiger partial charge in [-0.3, -0.25) is 9.69 Å². The maximum Gasteiger partial charge on any atom is 0.336 e. The van der Waals surface area contributed by atoms with Crippen LogP contribution in [0.5, 0.6) is 5.75 Å². The Morgan fingerprint density at radius 2 is 2.00 bits per heavy atom. The highest BCUT2D eigenvalue weighted by molar-refractivity contribution is 9.10. The number of carbonyl (C=O) groups is 1. The van der Waals surface area contributed by atoms with E-state index in [0.29, 0.717) is 40.5 Å². The third kappa shape index (κ3) is 7.39. The van der Waals surface area contributed by atoms with Crippen LogP contribution in [0.15, 0.2) is 25.8 Å². The first-order valence-electron chi connectivity index (χ1n) is 10.3. The number of halogens is 1. The molecule has 1 heterocycles. The Balaban J connectivity index is 2.16. The van der Waals surface area contributed by atoms with E-state index in [1.165, 1.54) is 6.07 Å². The smallest absolute Gasteiger partial charge is 0.336 e. The van der Waals surface area contributed by atoms with Crippen LogP contribution >= 0.6 is 15.9 Å².